The minimum atomic E-state index is 0.870. The van der Waals surface area contributed by atoms with E-state index >= 15 is 0 Å². The van der Waals surface area contributed by atoms with Crippen LogP contribution in [0.2, 0.25) is 0 Å². The molecule has 0 radical (unpaired) electrons. The van der Waals surface area contributed by atoms with Gasteiger partial charge in [-0.3, -0.25) is 0 Å². The van der Waals surface area contributed by atoms with E-state index in [1.54, 1.807) is 0 Å². The third kappa shape index (κ3) is 2.86. The zero-order chi connectivity index (χ0) is 12.9. The Morgan fingerprint density at radius 3 is 2.05 bits per heavy atom. The summed E-state index contributed by atoms with van der Waals surface area (Å²) in [7, 11) is 0. The Morgan fingerprint density at radius 1 is 0.737 bits per heavy atom. The van der Waals surface area contributed by atoms with Crippen molar-refractivity contribution in [3.05, 3.63) is 78.4 Å². The van der Waals surface area contributed by atoms with Gasteiger partial charge in [-0.25, -0.2) is 0 Å². The van der Waals surface area contributed by atoms with Crippen LogP contribution < -0.4 is 0 Å². The van der Waals surface area contributed by atoms with Crippen LogP contribution in [0.3, 0.4) is 0 Å². The van der Waals surface area contributed by atoms with E-state index in [1.807, 2.05) is 42.5 Å². The molecule has 0 saturated heterocycles. The fourth-order valence-corrected chi connectivity index (χ4v) is 2.01. The summed E-state index contributed by atoms with van der Waals surface area (Å²) in [5, 5.41) is 8.44. The molecule has 0 N–H and O–H groups in total. The second kappa shape index (κ2) is 5.44. The number of hydrogen-bond acceptors (Lipinski definition) is 2. The van der Waals surface area contributed by atoms with Crippen molar-refractivity contribution >= 4 is 16.9 Å². The van der Waals surface area contributed by atoms with Crippen molar-refractivity contribution in [1.82, 2.24) is 0 Å². The van der Waals surface area contributed by atoms with Gasteiger partial charge in [0.1, 0.15) is 0 Å². The number of rotatable bonds is 3. The minimum Gasteiger partial charge on any atom is -0.151 e. The Labute approximate surface area is 112 Å². The van der Waals surface area contributed by atoms with E-state index in [-0.39, 0.29) is 0 Å². The van der Waals surface area contributed by atoms with Crippen molar-refractivity contribution < 1.29 is 0 Å². The van der Waals surface area contributed by atoms with Gasteiger partial charge in [0.25, 0.3) is 0 Å². The molecule has 2 aromatic rings. The van der Waals surface area contributed by atoms with Crippen molar-refractivity contribution in [1.29, 1.82) is 0 Å². The first-order valence-corrected chi connectivity index (χ1v) is 6.35. The lowest BCUT2D eigenvalue weighted by atomic mass is 10.1. The van der Waals surface area contributed by atoms with Gasteiger partial charge in [-0.2, -0.15) is 10.2 Å². The van der Waals surface area contributed by atoms with E-state index < -0.39 is 0 Å². The van der Waals surface area contributed by atoms with Crippen LogP contribution in [0.1, 0.15) is 12.0 Å². The molecule has 2 heteroatoms. The van der Waals surface area contributed by atoms with Gasteiger partial charge in [0.15, 0.2) is 0 Å². The molecule has 1 aliphatic rings. The summed E-state index contributed by atoms with van der Waals surface area (Å²) >= 11 is 0. The molecule has 2 aromatic carbocycles. The van der Waals surface area contributed by atoms with Crippen LogP contribution >= 0.6 is 0 Å². The van der Waals surface area contributed by atoms with Gasteiger partial charge in [0, 0.05) is 0 Å². The highest BCUT2D eigenvalue weighted by Crippen LogP contribution is 2.25. The van der Waals surface area contributed by atoms with E-state index in [2.05, 4.69) is 40.6 Å². The standard InChI is InChI=1S/C17H14N2/c1-2-8-16(9-3-1)18-19-17-12-10-15(11-13-17)14-6-4-5-7-14/h1-6,8-13H,7H2. The first-order valence-electron chi connectivity index (χ1n) is 6.35. The number of hydrogen-bond donors (Lipinski definition) is 0. The summed E-state index contributed by atoms with van der Waals surface area (Å²) in [6.45, 7) is 0. The zero-order valence-corrected chi connectivity index (χ0v) is 10.5. The maximum absolute atomic E-state index is 4.23. The average molecular weight is 246 g/mol. The fraction of sp³-hybridized carbons (Fsp3) is 0.0588. The van der Waals surface area contributed by atoms with Crippen LogP contribution in [-0.4, -0.2) is 0 Å². The summed E-state index contributed by atoms with van der Waals surface area (Å²) in [6, 6.07) is 17.9. The number of azo groups is 1. The minimum absolute atomic E-state index is 0.870. The molecule has 2 nitrogen and oxygen atoms in total. The highest BCUT2D eigenvalue weighted by Gasteiger charge is 2.02. The lowest BCUT2D eigenvalue weighted by molar-refractivity contribution is 1.23. The van der Waals surface area contributed by atoms with Gasteiger partial charge >= 0.3 is 0 Å². The summed E-state index contributed by atoms with van der Waals surface area (Å²) < 4.78 is 0. The van der Waals surface area contributed by atoms with Gasteiger partial charge in [0.05, 0.1) is 11.4 Å². The molecule has 0 unspecified atom stereocenters. The molecule has 0 aromatic heterocycles. The summed E-state index contributed by atoms with van der Waals surface area (Å²) in [5.74, 6) is 0. The first-order chi connectivity index (χ1) is 9.42. The van der Waals surface area contributed by atoms with Crippen molar-refractivity contribution in [2.24, 2.45) is 10.2 Å². The van der Waals surface area contributed by atoms with Gasteiger partial charge < -0.3 is 0 Å². The molecular formula is C17H14N2. The number of allylic oxidation sites excluding steroid dienone is 4. The highest BCUT2D eigenvalue weighted by molar-refractivity contribution is 5.71. The van der Waals surface area contributed by atoms with Crippen LogP contribution in [0.25, 0.3) is 5.57 Å². The van der Waals surface area contributed by atoms with E-state index in [1.165, 1.54) is 11.1 Å². The van der Waals surface area contributed by atoms with E-state index in [9.17, 15) is 0 Å². The van der Waals surface area contributed by atoms with E-state index in [0.717, 1.165) is 17.8 Å². The van der Waals surface area contributed by atoms with Crippen molar-refractivity contribution in [2.75, 3.05) is 0 Å². The molecule has 0 bridgehead atoms. The molecule has 92 valence electrons. The molecule has 1 aliphatic carbocycles. The second-order valence-electron chi connectivity index (χ2n) is 4.41. The largest absolute Gasteiger partial charge is 0.151 e. The Kier molecular flexibility index (Phi) is 3.32. The molecule has 0 amide bonds. The predicted molar refractivity (Wildman–Crippen MR) is 78.8 cm³/mol. The summed E-state index contributed by atoms with van der Waals surface area (Å²) in [4.78, 5) is 0. The Bertz CT molecular complexity index is 635. The fourth-order valence-electron chi connectivity index (χ4n) is 2.01. The van der Waals surface area contributed by atoms with Crippen LogP contribution in [0.5, 0.6) is 0 Å². The quantitative estimate of drug-likeness (QED) is 0.644. The topological polar surface area (TPSA) is 24.7 Å². The SMILES string of the molecule is C1=CCC(c2ccc(N=Nc3ccccc3)cc2)=C1. The number of benzene rings is 2. The molecule has 0 spiro atoms. The summed E-state index contributed by atoms with van der Waals surface area (Å²) in [5.41, 5.74) is 4.35. The number of nitrogens with zero attached hydrogens (tertiary/aromatic N) is 2. The highest BCUT2D eigenvalue weighted by atomic mass is 15.1. The molecular weight excluding hydrogens is 232 g/mol. The average Bonchev–Trinajstić information content (AvgIpc) is 3.01. The van der Waals surface area contributed by atoms with E-state index in [0.29, 0.717) is 0 Å². The van der Waals surface area contributed by atoms with Crippen LogP contribution in [0, 0.1) is 0 Å². The Hall–Kier alpha value is -2.48. The van der Waals surface area contributed by atoms with Crippen LogP contribution in [0.4, 0.5) is 11.4 Å². The molecule has 3 rings (SSSR count). The van der Waals surface area contributed by atoms with Crippen molar-refractivity contribution in [3.63, 3.8) is 0 Å². The lowest BCUT2D eigenvalue weighted by Gasteiger charge is -2.01. The second-order valence-corrected chi connectivity index (χ2v) is 4.41. The third-order valence-electron chi connectivity index (χ3n) is 3.05. The predicted octanol–water partition coefficient (Wildman–Crippen LogP) is 5.45. The molecule has 0 atom stereocenters. The van der Waals surface area contributed by atoms with Gasteiger partial charge in [-0.15, -0.1) is 0 Å². The molecule has 19 heavy (non-hydrogen) atoms. The zero-order valence-electron chi connectivity index (χ0n) is 10.5. The third-order valence-corrected chi connectivity index (χ3v) is 3.05. The maximum Gasteiger partial charge on any atom is 0.0857 e. The smallest absolute Gasteiger partial charge is 0.0857 e. The maximum atomic E-state index is 4.23. The molecule has 0 aliphatic heterocycles. The molecule has 0 saturated carbocycles. The lowest BCUT2D eigenvalue weighted by Crippen LogP contribution is -1.78. The first kappa shape index (κ1) is 11.6. The molecule has 0 fully saturated rings. The van der Waals surface area contributed by atoms with Crippen LogP contribution in [0.15, 0.2) is 83.1 Å². The van der Waals surface area contributed by atoms with E-state index in [4.69, 9.17) is 0 Å². The van der Waals surface area contributed by atoms with Gasteiger partial charge in [0.2, 0.25) is 0 Å². The summed E-state index contributed by atoms with van der Waals surface area (Å²) in [6.07, 6.45) is 7.43. The van der Waals surface area contributed by atoms with Gasteiger partial charge in [-0.1, -0.05) is 48.6 Å². The normalized spacial score (nSPS) is 14.0. The Balaban J connectivity index is 1.74. The van der Waals surface area contributed by atoms with Crippen molar-refractivity contribution in [2.45, 2.75) is 6.42 Å². The van der Waals surface area contributed by atoms with Gasteiger partial charge in [-0.05, 0) is 41.8 Å². The van der Waals surface area contributed by atoms with Crippen LogP contribution in [-0.2, 0) is 0 Å². The molecule has 0 heterocycles. The monoisotopic (exact) mass is 246 g/mol. The van der Waals surface area contributed by atoms with Crippen molar-refractivity contribution in [3.8, 4) is 0 Å². The Morgan fingerprint density at radius 2 is 1.42 bits per heavy atom.